The molecule has 0 aliphatic carbocycles. The van der Waals surface area contributed by atoms with Gasteiger partial charge in [-0.05, 0) is 30.7 Å². The van der Waals surface area contributed by atoms with Gasteiger partial charge in [-0.25, -0.2) is 0 Å². The van der Waals surface area contributed by atoms with Gasteiger partial charge in [0.05, 0.1) is 6.26 Å². The van der Waals surface area contributed by atoms with E-state index in [1.54, 1.807) is 12.3 Å². The van der Waals surface area contributed by atoms with Crippen LogP contribution < -0.4 is 0 Å². The fraction of sp³-hybridized carbons (Fsp3) is 0.111. The van der Waals surface area contributed by atoms with Gasteiger partial charge >= 0.3 is 0 Å². The van der Waals surface area contributed by atoms with E-state index in [2.05, 4.69) is 0 Å². The molecule has 0 radical (unpaired) electrons. The van der Waals surface area contributed by atoms with Crippen LogP contribution in [0.15, 0.2) is 28.9 Å². The molecule has 0 amide bonds. The predicted octanol–water partition coefficient (Wildman–Crippen LogP) is 2.45. The molecular weight excluding hydrogens is 140 g/mol. The molecule has 0 saturated carbocycles. The van der Waals surface area contributed by atoms with Gasteiger partial charge in [0, 0.05) is 5.39 Å². The van der Waals surface area contributed by atoms with Gasteiger partial charge in [0.1, 0.15) is 0 Å². The molecular formula is C9H8O2. The fourth-order valence-electron chi connectivity index (χ4n) is 1.21. The smallest absolute Gasteiger partial charge is 0.175 e. The standard InChI is InChI=1S/C9H8O2/c1-6-4-7-2-3-11-9(7)8(10)5-6/h2-5,10H,1H3. The highest BCUT2D eigenvalue weighted by Gasteiger charge is 2.02. The Morgan fingerprint density at radius 2 is 2.18 bits per heavy atom. The number of phenolic OH excluding ortho intramolecular Hbond substituents is 1. The van der Waals surface area contributed by atoms with Gasteiger partial charge in [0.2, 0.25) is 0 Å². The first kappa shape index (κ1) is 6.28. The number of aryl methyl sites for hydroxylation is 1. The number of benzene rings is 1. The lowest BCUT2D eigenvalue weighted by Crippen LogP contribution is -1.71. The van der Waals surface area contributed by atoms with Crippen LogP contribution in [0.25, 0.3) is 11.0 Å². The Balaban J connectivity index is 2.91. The van der Waals surface area contributed by atoms with Crippen molar-refractivity contribution in [2.24, 2.45) is 0 Å². The zero-order valence-corrected chi connectivity index (χ0v) is 6.16. The van der Waals surface area contributed by atoms with Crippen molar-refractivity contribution in [3.05, 3.63) is 30.0 Å². The minimum absolute atomic E-state index is 0.213. The number of hydrogen-bond donors (Lipinski definition) is 1. The van der Waals surface area contributed by atoms with Gasteiger partial charge in [-0.1, -0.05) is 0 Å². The van der Waals surface area contributed by atoms with E-state index in [0.717, 1.165) is 10.9 Å². The molecule has 2 heteroatoms. The van der Waals surface area contributed by atoms with E-state index in [0.29, 0.717) is 5.58 Å². The third-order valence-corrected chi connectivity index (χ3v) is 1.68. The number of phenols is 1. The largest absolute Gasteiger partial charge is 0.504 e. The minimum Gasteiger partial charge on any atom is -0.504 e. The summed E-state index contributed by atoms with van der Waals surface area (Å²) in [4.78, 5) is 0. The van der Waals surface area contributed by atoms with Gasteiger partial charge in [0.15, 0.2) is 11.3 Å². The van der Waals surface area contributed by atoms with Gasteiger partial charge in [-0.2, -0.15) is 0 Å². The summed E-state index contributed by atoms with van der Waals surface area (Å²) in [6.07, 6.45) is 1.57. The average molecular weight is 148 g/mol. The van der Waals surface area contributed by atoms with Crippen molar-refractivity contribution >= 4 is 11.0 Å². The highest BCUT2D eigenvalue weighted by Crippen LogP contribution is 2.26. The Labute approximate surface area is 64.1 Å². The Kier molecular flexibility index (Phi) is 1.15. The summed E-state index contributed by atoms with van der Waals surface area (Å²) in [5.74, 6) is 0.213. The maximum Gasteiger partial charge on any atom is 0.175 e. The zero-order chi connectivity index (χ0) is 7.84. The molecule has 0 saturated heterocycles. The maximum absolute atomic E-state index is 9.35. The third-order valence-electron chi connectivity index (χ3n) is 1.68. The van der Waals surface area contributed by atoms with Crippen molar-refractivity contribution in [2.75, 3.05) is 0 Å². The van der Waals surface area contributed by atoms with E-state index in [1.807, 2.05) is 19.1 Å². The predicted molar refractivity (Wildman–Crippen MR) is 42.6 cm³/mol. The first-order valence-corrected chi connectivity index (χ1v) is 3.44. The molecule has 2 nitrogen and oxygen atoms in total. The van der Waals surface area contributed by atoms with Crippen molar-refractivity contribution < 1.29 is 9.52 Å². The SMILES string of the molecule is Cc1cc(O)c2occc2c1. The number of rotatable bonds is 0. The lowest BCUT2D eigenvalue weighted by Gasteiger charge is -1.94. The van der Waals surface area contributed by atoms with Gasteiger partial charge < -0.3 is 9.52 Å². The van der Waals surface area contributed by atoms with E-state index >= 15 is 0 Å². The molecule has 1 heterocycles. The number of fused-ring (bicyclic) bond motifs is 1. The molecule has 1 aromatic carbocycles. The van der Waals surface area contributed by atoms with Gasteiger partial charge in [-0.15, -0.1) is 0 Å². The van der Waals surface area contributed by atoms with E-state index in [4.69, 9.17) is 4.42 Å². The topological polar surface area (TPSA) is 33.4 Å². The quantitative estimate of drug-likeness (QED) is 0.622. The molecule has 56 valence electrons. The van der Waals surface area contributed by atoms with E-state index in [-0.39, 0.29) is 5.75 Å². The molecule has 0 aliphatic rings. The highest BCUT2D eigenvalue weighted by molar-refractivity contribution is 5.83. The van der Waals surface area contributed by atoms with Crippen molar-refractivity contribution in [2.45, 2.75) is 6.92 Å². The van der Waals surface area contributed by atoms with Gasteiger partial charge in [0.25, 0.3) is 0 Å². The second-order valence-corrected chi connectivity index (χ2v) is 2.62. The zero-order valence-electron chi connectivity index (χ0n) is 6.16. The van der Waals surface area contributed by atoms with Crippen LogP contribution in [0, 0.1) is 6.92 Å². The van der Waals surface area contributed by atoms with Gasteiger partial charge in [-0.3, -0.25) is 0 Å². The molecule has 0 fully saturated rings. The van der Waals surface area contributed by atoms with E-state index in [1.165, 1.54) is 0 Å². The lowest BCUT2D eigenvalue weighted by atomic mass is 10.2. The van der Waals surface area contributed by atoms with Crippen LogP contribution in [0.2, 0.25) is 0 Å². The Morgan fingerprint density at radius 3 is 3.00 bits per heavy atom. The van der Waals surface area contributed by atoms with Crippen LogP contribution in [-0.2, 0) is 0 Å². The Bertz CT molecular complexity index is 387. The van der Waals surface area contributed by atoms with Crippen molar-refractivity contribution in [3.63, 3.8) is 0 Å². The normalized spacial score (nSPS) is 10.6. The van der Waals surface area contributed by atoms with Crippen LogP contribution in [0.4, 0.5) is 0 Å². The summed E-state index contributed by atoms with van der Waals surface area (Å²) < 4.78 is 5.05. The molecule has 0 spiro atoms. The third kappa shape index (κ3) is 0.871. The number of furan rings is 1. The van der Waals surface area contributed by atoms with Crippen molar-refractivity contribution in [1.82, 2.24) is 0 Å². The molecule has 2 aromatic rings. The molecule has 1 N–H and O–H groups in total. The second-order valence-electron chi connectivity index (χ2n) is 2.62. The molecule has 0 unspecified atom stereocenters. The Morgan fingerprint density at radius 1 is 1.36 bits per heavy atom. The summed E-state index contributed by atoms with van der Waals surface area (Å²) in [6.45, 7) is 1.94. The highest BCUT2D eigenvalue weighted by atomic mass is 16.3. The second kappa shape index (κ2) is 2.02. The summed E-state index contributed by atoms with van der Waals surface area (Å²) in [5, 5.41) is 10.3. The first-order chi connectivity index (χ1) is 5.27. The molecule has 2 rings (SSSR count). The van der Waals surface area contributed by atoms with Crippen molar-refractivity contribution in [1.29, 1.82) is 0 Å². The maximum atomic E-state index is 9.35. The molecule has 0 bridgehead atoms. The van der Waals surface area contributed by atoms with Crippen molar-refractivity contribution in [3.8, 4) is 5.75 Å². The van der Waals surface area contributed by atoms with Crippen LogP contribution in [0.5, 0.6) is 5.75 Å². The molecule has 0 atom stereocenters. The van der Waals surface area contributed by atoms with Crippen LogP contribution in [0.1, 0.15) is 5.56 Å². The van der Waals surface area contributed by atoms with Crippen LogP contribution in [0.3, 0.4) is 0 Å². The minimum atomic E-state index is 0.213. The molecule has 0 aliphatic heterocycles. The number of hydrogen-bond acceptors (Lipinski definition) is 2. The summed E-state index contributed by atoms with van der Waals surface area (Å²) in [7, 11) is 0. The average Bonchev–Trinajstić information content (AvgIpc) is 2.34. The van der Waals surface area contributed by atoms with Crippen LogP contribution in [-0.4, -0.2) is 5.11 Å². The van der Waals surface area contributed by atoms with Crippen LogP contribution >= 0.6 is 0 Å². The van der Waals surface area contributed by atoms with E-state index < -0.39 is 0 Å². The number of aromatic hydroxyl groups is 1. The first-order valence-electron chi connectivity index (χ1n) is 3.44. The summed E-state index contributed by atoms with van der Waals surface area (Å²) in [6, 6.07) is 5.49. The summed E-state index contributed by atoms with van der Waals surface area (Å²) >= 11 is 0. The fourth-order valence-corrected chi connectivity index (χ4v) is 1.21. The van der Waals surface area contributed by atoms with E-state index in [9.17, 15) is 5.11 Å². The molecule has 11 heavy (non-hydrogen) atoms. The lowest BCUT2D eigenvalue weighted by molar-refractivity contribution is 0.464. The Hall–Kier alpha value is -1.44. The summed E-state index contributed by atoms with van der Waals surface area (Å²) in [5.41, 5.74) is 1.60. The monoisotopic (exact) mass is 148 g/mol. The molecule has 1 aromatic heterocycles.